The molecule has 0 radical (unpaired) electrons. The highest BCUT2D eigenvalue weighted by molar-refractivity contribution is 5.15. The molecule has 5 rings (SSSR count). The third-order valence-electron chi connectivity index (χ3n) is 5.09. The van der Waals surface area contributed by atoms with Crippen molar-refractivity contribution in [2.24, 2.45) is 23.7 Å². The summed E-state index contributed by atoms with van der Waals surface area (Å²) in [6.45, 7) is 1.99. The Morgan fingerprint density at radius 2 is 1.88 bits per heavy atom. The molecule has 5 fully saturated rings. The molecular formula is C11H14O5. The molecule has 88 valence electrons. The molecule has 1 aliphatic carbocycles. The number of ether oxygens (including phenoxy) is 5. The highest BCUT2D eigenvalue weighted by atomic mass is 17.0. The van der Waals surface area contributed by atoms with Crippen LogP contribution in [0.15, 0.2) is 0 Å². The Bertz CT molecular complexity index is 387. The van der Waals surface area contributed by atoms with Crippen LogP contribution in [0, 0.1) is 23.7 Å². The predicted octanol–water partition coefficient (Wildman–Crippen LogP) is 0.644. The first kappa shape index (κ1) is 8.83. The van der Waals surface area contributed by atoms with Crippen molar-refractivity contribution in [3.63, 3.8) is 0 Å². The van der Waals surface area contributed by atoms with Gasteiger partial charge in [0.15, 0.2) is 18.4 Å². The monoisotopic (exact) mass is 226 g/mol. The van der Waals surface area contributed by atoms with Gasteiger partial charge in [-0.3, -0.25) is 9.47 Å². The molecule has 5 nitrogen and oxygen atoms in total. The molecule has 0 N–H and O–H groups in total. The zero-order valence-electron chi connectivity index (χ0n) is 9.21. The largest absolute Gasteiger partial charge is 0.330 e. The van der Waals surface area contributed by atoms with Gasteiger partial charge < -0.3 is 14.2 Å². The van der Waals surface area contributed by atoms with Crippen LogP contribution in [0.2, 0.25) is 0 Å². The maximum Gasteiger partial charge on any atom is 0.291 e. The summed E-state index contributed by atoms with van der Waals surface area (Å²) in [5, 5.41) is 0. The van der Waals surface area contributed by atoms with E-state index in [0.29, 0.717) is 17.8 Å². The summed E-state index contributed by atoms with van der Waals surface area (Å²) in [7, 11) is 1.64. The molecule has 0 aromatic rings. The standard InChI is InChI=1S/C11H14O5/c1-10-6-4-3-5-7(6)11(12-2,16-10)15-9(5)13-8(4)14-10/h4-9H,3H2,1-2H3/t4-,5+,6-,7+,8+,9-,10+,11+/m1/s1. The molecule has 4 heterocycles. The van der Waals surface area contributed by atoms with Crippen molar-refractivity contribution in [2.45, 2.75) is 37.7 Å². The van der Waals surface area contributed by atoms with Crippen molar-refractivity contribution in [1.82, 2.24) is 0 Å². The van der Waals surface area contributed by atoms with Crippen LogP contribution in [0.3, 0.4) is 0 Å². The van der Waals surface area contributed by atoms with Gasteiger partial charge in [0.05, 0.1) is 5.92 Å². The molecule has 2 bridgehead atoms. The molecule has 0 aromatic heterocycles. The van der Waals surface area contributed by atoms with Gasteiger partial charge in [-0.1, -0.05) is 0 Å². The van der Waals surface area contributed by atoms with Gasteiger partial charge in [-0.25, -0.2) is 0 Å². The van der Waals surface area contributed by atoms with E-state index in [0.717, 1.165) is 6.42 Å². The number of hydrogen-bond donors (Lipinski definition) is 0. The van der Waals surface area contributed by atoms with E-state index < -0.39 is 11.8 Å². The Labute approximate surface area is 92.9 Å². The molecule has 0 aromatic carbocycles. The van der Waals surface area contributed by atoms with E-state index in [9.17, 15) is 0 Å². The maximum atomic E-state index is 5.99. The lowest BCUT2D eigenvalue weighted by atomic mass is 9.85. The molecule has 8 atom stereocenters. The second kappa shape index (κ2) is 2.20. The van der Waals surface area contributed by atoms with Crippen LogP contribution in [0.4, 0.5) is 0 Å². The van der Waals surface area contributed by atoms with Gasteiger partial charge in [-0.2, -0.15) is 0 Å². The topological polar surface area (TPSA) is 46.2 Å². The summed E-state index contributed by atoms with van der Waals surface area (Å²) in [4.78, 5) is 0. The SMILES string of the molecule is CO[C@@]12O[C@H]3O[C@H]4O[C@@](C)(O1)[C@@H]1[C@H]4C[C@H]3[C@@H]12. The number of hydrogen-bond acceptors (Lipinski definition) is 5. The molecule has 16 heavy (non-hydrogen) atoms. The Balaban J connectivity index is 1.76. The summed E-state index contributed by atoms with van der Waals surface area (Å²) in [5.74, 6) is -0.0144. The fraction of sp³-hybridized carbons (Fsp3) is 1.00. The summed E-state index contributed by atoms with van der Waals surface area (Å²) in [6, 6.07) is 0. The van der Waals surface area contributed by atoms with Gasteiger partial charge in [-0.05, 0) is 13.3 Å². The average Bonchev–Trinajstić information content (AvgIpc) is 2.83. The minimum Gasteiger partial charge on any atom is -0.330 e. The van der Waals surface area contributed by atoms with Crippen LogP contribution < -0.4 is 0 Å². The van der Waals surface area contributed by atoms with Crippen LogP contribution in [-0.4, -0.2) is 31.5 Å². The fourth-order valence-electron chi connectivity index (χ4n) is 4.70. The molecule has 1 saturated carbocycles. The Hall–Kier alpha value is -0.200. The molecule has 0 amide bonds. The highest BCUT2D eigenvalue weighted by Gasteiger charge is 2.82. The zero-order valence-corrected chi connectivity index (χ0v) is 9.21. The lowest BCUT2D eigenvalue weighted by Gasteiger charge is -2.36. The van der Waals surface area contributed by atoms with Crippen LogP contribution in [0.1, 0.15) is 13.3 Å². The summed E-state index contributed by atoms with van der Waals surface area (Å²) in [6.07, 6.45) is 0.770. The number of rotatable bonds is 1. The van der Waals surface area contributed by atoms with Crippen LogP contribution in [0.25, 0.3) is 0 Å². The molecule has 0 spiro atoms. The average molecular weight is 226 g/mol. The van der Waals surface area contributed by atoms with Gasteiger partial charge in [0, 0.05) is 24.9 Å². The Kier molecular flexibility index (Phi) is 1.21. The fourth-order valence-corrected chi connectivity index (χ4v) is 4.70. The summed E-state index contributed by atoms with van der Waals surface area (Å²) >= 11 is 0. The molecular weight excluding hydrogens is 212 g/mol. The van der Waals surface area contributed by atoms with Crippen molar-refractivity contribution >= 4 is 0 Å². The van der Waals surface area contributed by atoms with Crippen molar-refractivity contribution in [3.8, 4) is 0 Å². The van der Waals surface area contributed by atoms with E-state index in [1.54, 1.807) is 7.11 Å². The minimum absolute atomic E-state index is 0.142. The van der Waals surface area contributed by atoms with Crippen molar-refractivity contribution < 1.29 is 23.7 Å². The van der Waals surface area contributed by atoms with Gasteiger partial charge in [-0.15, -0.1) is 0 Å². The van der Waals surface area contributed by atoms with E-state index in [1.165, 1.54) is 0 Å². The second-order valence-electron chi connectivity index (χ2n) is 5.65. The first-order chi connectivity index (χ1) is 7.67. The minimum atomic E-state index is -0.922. The Morgan fingerprint density at radius 1 is 1.12 bits per heavy atom. The first-order valence-electron chi connectivity index (χ1n) is 5.93. The molecule has 4 saturated heterocycles. The van der Waals surface area contributed by atoms with Crippen LogP contribution >= 0.6 is 0 Å². The van der Waals surface area contributed by atoms with E-state index in [2.05, 4.69) is 0 Å². The third kappa shape index (κ3) is 0.654. The van der Waals surface area contributed by atoms with Gasteiger partial charge in [0.25, 0.3) is 5.97 Å². The predicted molar refractivity (Wildman–Crippen MR) is 48.6 cm³/mol. The van der Waals surface area contributed by atoms with Crippen molar-refractivity contribution in [1.29, 1.82) is 0 Å². The molecule has 0 unspecified atom stereocenters. The smallest absolute Gasteiger partial charge is 0.291 e. The van der Waals surface area contributed by atoms with E-state index in [4.69, 9.17) is 23.7 Å². The van der Waals surface area contributed by atoms with Gasteiger partial charge in [0.1, 0.15) is 0 Å². The second-order valence-corrected chi connectivity index (χ2v) is 5.65. The Morgan fingerprint density at radius 3 is 2.69 bits per heavy atom. The highest BCUT2D eigenvalue weighted by Crippen LogP contribution is 2.72. The van der Waals surface area contributed by atoms with Crippen molar-refractivity contribution in [2.75, 3.05) is 7.11 Å². The summed E-state index contributed by atoms with van der Waals surface area (Å²) < 4.78 is 29.1. The quantitative estimate of drug-likeness (QED) is 0.656. The van der Waals surface area contributed by atoms with E-state index in [-0.39, 0.29) is 18.5 Å². The first-order valence-corrected chi connectivity index (χ1v) is 5.93. The normalized spacial score (nSPS) is 73.1. The van der Waals surface area contributed by atoms with Gasteiger partial charge >= 0.3 is 0 Å². The lowest BCUT2D eigenvalue weighted by Crippen LogP contribution is -2.45. The van der Waals surface area contributed by atoms with Crippen LogP contribution in [0.5, 0.6) is 0 Å². The zero-order chi connectivity index (χ0) is 10.7. The van der Waals surface area contributed by atoms with Gasteiger partial charge in [0.2, 0.25) is 0 Å². The van der Waals surface area contributed by atoms with E-state index >= 15 is 0 Å². The molecule has 4 aliphatic heterocycles. The number of methoxy groups -OCH3 is 1. The molecule has 5 heteroatoms. The van der Waals surface area contributed by atoms with Crippen molar-refractivity contribution in [3.05, 3.63) is 0 Å². The summed E-state index contributed by atoms with van der Waals surface area (Å²) in [5.41, 5.74) is 0. The maximum absolute atomic E-state index is 5.99. The lowest BCUT2D eigenvalue weighted by molar-refractivity contribution is -0.463. The third-order valence-corrected chi connectivity index (χ3v) is 5.09. The van der Waals surface area contributed by atoms with E-state index in [1.807, 2.05) is 6.92 Å². The van der Waals surface area contributed by atoms with Crippen LogP contribution in [-0.2, 0) is 23.7 Å². The molecule has 5 aliphatic rings.